The van der Waals surface area contributed by atoms with Crippen molar-refractivity contribution in [1.82, 2.24) is 9.80 Å². The van der Waals surface area contributed by atoms with Crippen LogP contribution in [0.4, 0.5) is 0 Å². The van der Waals surface area contributed by atoms with E-state index in [1.165, 1.54) is 0 Å². The number of morpholine rings is 1. The maximum absolute atomic E-state index is 13.1. The van der Waals surface area contributed by atoms with Crippen LogP contribution in [-0.2, 0) is 19.1 Å². The Balaban J connectivity index is 0.00000225. The molecule has 0 saturated carbocycles. The highest BCUT2D eigenvalue weighted by Gasteiger charge is 2.43. The molecule has 7 nitrogen and oxygen atoms in total. The first kappa shape index (κ1) is 20.4. The van der Waals surface area contributed by atoms with Gasteiger partial charge in [0.25, 0.3) is 0 Å². The average molecular weight is 376 g/mol. The number of hydrogen-bond donors (Lipinski definition) is 1. The molecule has 0 bridgehead atoms. The summed E-state index contributed by atoms with van der Waals surface area (Å²) in [4.78, 5) is 29.6. The van der Waals surface area contributed by atoms with Crippen LogP contribution >= 0.6 is 12.4 Å². The van der Waals surface area contributed by atoms with Crippen molar-refractivity contribution in [3.05, 3.63) is 0 Å². The second kappa shape index (κ2) is 9.16. The predicted molar refractivity (Wildman–Crippen MR) is 95.5 cm³/mol. The zero-order chi connectivity index (χ0) is 17.0. The number of amides is 2. The summed E-state index contributed by atoms with van der Waals surface area (Å²) >= 11 is 0. The maximum Gasteiger partial charge on any atom is 0.230 e. The van der Waals surface area contributed by atoms with Crippen molar-refractivity contribution in [1.29, 1.82) is 0 Å². The highest BCUT2D eigenvalue weighted by molar-refractivity contribution is 5.85. The lowest BCUT2D eigenvalue weighted by atomic mass is 9.78. The van der Waals surface area contributed by atoms with E-state index in [2.05, 4.69) is 0 Å². The van der Waals surface area contributed by atoms with Crippen molar-refractivity contribution in [3.8, 4) is 0 Å². The number of nitrogens with two attached hydrogens (primary N) is 1. The molecule has 1 atom stereocenters. The number of ether oxygens (including phenoxy) is 2. The first-order valence-corrected chi connectivity index (χ1v) is 9.10. The van der Waals surface area contributed by atoms with Gasteiger partial charge < -0.3 is 25.0 Å². The Kier molecular flexibility index (Phi) is 7.49. The molecule has 3 aliphatic heterocycles. The van der Waals surface area contributed by atoms with Gasteiger partial charge in [0.15, 0.2) is 0 Å². The van der Waals surface area contributed by atoms with Gasteiger partial charge in [0.2, 0.25) is 11.8 Å². The molecule has 0 aromatic rings. The Hall–Kier alpha value is -0.890. The summed E-state index contributed by atoms with van der Waals surface area (Å²) < 4.78 is 10.7. The van der Waals surface area contributed by atoms with E-state index in [-0.39, 0.29) is 30.1 Å². The van der Waals surface area contributed by atoms with Crippen molar-refractivity contribution in [2.45, 2.75) is 25.7 Å². The van der Waals surface area contributed by atoms with Crippen LogP contribution in [0, 0.1) is 11.3 Å². The fraction of sp³-hybridized carbons (Fsp3) is 0.882. The van der Waals surface area contributed by atoms with Gasteiger partial charge in [-0.05, 0) is 25.7 Å². The minimum absolute atomic E-state index is 0. The minimum Gasteiger partial charge on any atom is -0.381 e. The monoisotopic (exact) mass is 375 g/mol. The number of hydrogen-bond acceptors (Lipinski definition) is 5. The second-order valence-electron chi connectivity index (χ2n) is 7.12. The summed E-state index contributed by atoms with van der Waals surface area (Å²) in [6.45, 7) is 5.33. The lowest BCUT2D eigenvalue weighted by Crippen LogP contribution is -2.55. The number of carbonyl (C=O) groups is 2. The summed E-state index contributed by atoms with van der Waals surface area (Å²) in [6, 6.07) is 0. The lowest BCUT2D eigenvalue weighted by molar-refractivity contribution is -0.152. The lowest BCUT2D eigenvalue weighted by Gasteiger charge is -2.42. The normalized spacial score (nSPS) is 26.7. The van der Waals surface area contributed by atoms with Gasteiger partial charge in [-0.2, -0.15) is 0 Å². The van der Waals surface area contributed by atoms with Crippen molar-refractivity contribution in [2.75, 3.05) is 59.2 Å². The molecule has 1 unspecified atom stereocenters. The molecular weight excluding hydrogens is 346 g/mol. The highest BCUT2D eigenvalue weighted by Crippen LogP contribution is 2.33. The fourth-order valence-electron chi connectivity index (χ4n) is 4.01. The molecule has 144 valence electrons. The van der Waals surface area contributed by atoms with Crippen LogP contribution in [0.15, 0.2) is 0 Å². The van der Waals surface area contributed by atoms with Gasteiger partial charge in [-0.15, -0.1) is 12.4 Å². The van der Waals surface area contributed by atoms with Crippen LogP contribution in [0.5, 0.6) is 0 Å². The van der Waals surface area contributed by atoms with E-state index in [1.807, 2.05) is 9.80 Å². The Labute approximate surface area is 155 Å². The largest absolute Gasteiger partial charge is 0.381 e. The Bertz CT molecular complexity index is 465. The van der Waals surface area contributed by atoms with E-state index in [9.17, 15) is 9.59 Å². The molecule has 3 rings (SSSR count). The first-order chi connectivity index (χ1) is 11.7. The standard InChI is InChI=1S/C17H29N3O4.ClH/c18-13-17(3-8-23-9-4-17)16(22)20-5-1-2-14(12-20)15(21)19-6-10-24-11-7-19;/h14H,1-13,18H2;1H. The van der Waals surface area contributed by atoms with Gasteiger partial charge in [0.1, 0.15) is 0 Å². The summed E-state index contributed by atoms with van der Waals surface area (Å²) in [5.74, 6) is 0.202. The second-order valence-corrected chi connectivity index (χ2v) is 7.12. The Morgan fingerprint density at radius 3 is 2.28 bits per heavy atom. The highest BCUT2D eigenvalue weighted by atomic mass is 35.5. The SMILES string of the molecule is Cl.NCC1(C(=O)N2CCCC(C(=O)N3CCOCC3)C2)CCOCC1. The Morgan fingerprint density at radius 2 is 1.64 bits per heavy atom. The number of piperidine rings is 1. The molecule has 3 aliphatic rings. The molecule has 25 heavy (non-hydrogen) atoms. The smallest absolute Gasteiger partial charge is 0.230 e. The molecular formula is C17H30ClN3O4. The summed E-state index contributed by atoms with van der Waals surface area (Å²) in [5, 5.41) is 0. The molecule has 8 heteroatoms. The third kappa shape index (κ3) is 4.45. The molecule has 3 heterocycles. The van der Waals surface area contributed by atoms with E-state index in [4.69, 9.17) is 15.2 Å². The number of halogens is 1. The molecule has 0 aromatic carbocycles. The fourth-order valence-corrected chi connectivity index (χ4v) is 4.01. The molecule has 0 radical (unpaired) electrons. The molecule has 0 spiro atoms. The topological polar surface area (TPSA) is 85.1 Å². The predicted octanol–water partition coefficient (Wildman–Crippen LogP) is 0.261. The average Bonchev–Trinajstić information content (AvgIpc) is 2.68. The van der Waals surface area contributed by atoms with Crippen LogP contribution in [-0.4, -0.2) is 80.8 Å². The van der Waals surface area contributed by atoms with Gasteiger partial charge in [0.05, 0.1) is 24.5 Å². The molecule has 2 amide bonds. The molecule has 0 aliphatic carbocycles. The van der Waals surface area contributed by atoms with Crippen LogP contribution in [0.2, 0.25) is 0 Å². The zero-order valence-corrected chi connectivity index (χ0v) is 15.6. The quantitative estimate of drug-likeness (QED) is 0.764. The molecule has 0 aromatic heterocycles. The van der Waals surface area contributed by atoms with Crippen LogP contribution in [0.25, 0.3) is 0 Å². The van der Waals surface area contributed by atoms with Gasteiger partial charge in [-0.3, -0.25) is 9.59 Å². The van der Waals surface area contributed by atoms with Crippen molar-refractivity contribution in [2.24, 2.45) is 17.1 Å². The zero-order valence-electron chi connectivity index (χ0n) is 14.8. The van der Waals surface area contributed by atoms with Gasteiger partial charge in [-0.25, -0.2) is 0 Å². The molecule has 3 fully saturated rings. The van der Waals surface area contributed by atoms with Crippen molar-refractivity contribution in [3.63, 3.8) is 0 Å². The third-order valence-corrected chi connectivity index (χ3v) is 5.67. The van der Waals surface area contributed by atoms with Gasteiger partial charge in [0, 0.05) is 45.9 Å². The maximum atomic E-state index is 13.1. The van der Waals surface area contributed by atoms with Crippen LogP contribution in [0.3, 0.4) is 0 Å². The van der Waals surface area contributed by atoms with Crippen LogP contribution < -0.4 is 5.73 Å². The number of likely N-dealkylation sites (tertiary alicyclic amines) is 1. The first-order valence-electron chi connectivity index (χ1n) is 9.10. The van der Waals surface area contributed by atoms with E-state index in [0.717, 1.165) is 19.4 Å². The van der Waals surface area contributed by atoms with Crippen LogP contribution in [0.1, 0.15) is 25.7 Å². The Morgan fingerprint density at radius 1 is 1.00 bits per heavy atom. The third-order valence-electron chi connectivity index (χ3n) is 5.67. The van der Waals surface area contributed by atoms with E-state index >= 15 is 0 Å². The number of rotatable bonds is 3. The van der Waals surface area contributed by atoms with Gasteiger partial charge >= 0.3 is 0 Å². The van der Waals surface area contributed by atoms with E-state index in [1.54, 1.807) is 0 Å². The summed E-state index contributed by atoms with van der Waals surface area (Å²) in [6.07, 6.45) is 3.10. The van der Waals surface area contributed by atoms with Crippen molar-refractivity contribution >= 4 is 24.2 Å². The molecule has 2 N–H and O–H groups in total. The number of nitrogens with zero attached hydrogens (tertiary/aromatic N) is 2. The number of carbonyl (C=O) groups excluding carboxylic acids is 2. The summed E-state index contributed by atoms with van der Waals surface area (Å²) in [7, 11) is 0. The summed E-state index contributed by atoms with van der Waals surface area (Å²) in [5.41, 5.74) is 5.47. The van der Waals surface area contributed by atoms with Crippen molar-refractivity contribution < 1.29 is 19.1 Å². The van der Waals surface area contributed by atoms with E-state index < -0.39 is 5.41 Å². The minimum atomic E-state index is -0.498. The van der Waals surface area contributed by atoms with E-state index in [0.29, 0.717) is 65.4 Å². The molecule has 3 saturated heterocycles. The van der Waals surface area contributed by atoms with Gasteiger partial charge in [-0.1, -0.05) is 0 Å².